The van der Waals surface area contributed by atoms with E-state index in [0.29, 0.717) is 38.9 Å². The summed E-state index contributed by atoms with van der Waals surface area (Å²) >= 11 is 0. The number of nitrogens with one attached hydrogen (secondary N) is 1. The highest BCUT2D eigenvalue weighted by molar-refractivity contribution is 5.74. The fourth-order valence-electron chi connectivity index (χ4n) is 2.95. The summed E-state index contributed by atoms with van der Waals surface area (Å²) in [5, 5.41) is 10.3. The van der Waals surface area contributed by atoms with E-state index in [1.165, 1.54) is 4.57 Å². The molecule has 0 aliphatic carbocycles. The number of rotatable bonds is 7. The van der Waals surface area contributed by atoms with Gasteiger partial charge in [0.15, 0.2) is 11.2 Å². The van der Waals surface area contributed by atoms with Crippen LogP contribution in [0.25, 0.3) is 11.2 Å². The van der Waals surface area contributed by atoms with Crippen LogP contribution in [-0.4, -0.2) is 69.8 Å². The van der Waals surface area contributed by atoms with Gasteiger partial charge < -0.3 is 24.0 Å². The minimum Gasteiger partial charge on any atom is -0.389 e. The lowest BCUT2D eigenvalue weighted by Gasteiger charge is -2.28. The van der Waals surface area contributed by atoms with Crippen LogP contribution in [0.2, 0.25) is 0 Å². The molecule has 26 heavy (non-hydrogen) atoms. The van der Waals surface area contributed by atoms with Crippen molar-refractivity contribution in [1.29, 1.82) is 0 Å². The lowest BCUT2D eigenvalue weighted by molar-refractivity contribution is 0.0402. The minimum absolute atomic E-state index is 0.0952. The second-order valence-corrected chi connectivity index (χ2v) is 6.09. The van der Waals surface area contributed by atoms with E-state index in [-0.39, 0.29) is 24.3 Å². The predicted molar refractivity (Wildman–Crippen MR) is 95.6 cm³/mol. The number of aryl methyl sites for hydroxylation is 1. The van der Waals surface area contributed by atoms with E-state index in [0.717, 1.165) is 0 Å². The normalized spacial score (nSPS) is 16.2. The van der Waals surface area contributed by atoms with Gasteiger partial charge in [0, 0.05) is 20.1 Å². The number of aromatic amines is 1. The minimum atomic E-state index is -0.844. The number of aliphatic hydroxyl groups excluding tert-OH is 1. The summed E-state index contributed by atoms with van der Waals surface area (Å²) < 4.78 is 13.6. The number of fused-ring (bicyclic) bond motifs is 1. The highest BCUT2D eigenvalue weighted by Gasteiger charge is 2.24. The van der Waals surface area contributed by atoms with Gasteiger partial charge in [-0.15, -0.1) is 6.58 Å². The van der Waals surface area contributed by atoms with Crippen LogP contribution in [0.1, 0.15) is 0 Å². The fraction of sp³-hybridized carbons (Fsp3) is 0.562. The van der Waals surface area contributed by atoms with Crippen molar-refractivity contribution in [2.24, 2.45) is 7.05 Å². The Morgan fingerprint density at radius 1 is 1.42 bits per heavy atom. The Bertz CT molecular complexity index is 893. The molecule has 1 saturated heterocycles. The van der Waals surface area contributed by atoms with Gasteiger partial charge in [-0.2, -0.15) is 4.98 Å². The quantitative estimate of drug-likeness (QED) is 0.469. The Kier molecular flexibility index (Phi) is 5.55. The molecule has 0 aromatic carbocycles. The van der Waals surface area contributed by atoms with Crippen molar-refractivity contribution >= 4 is 17.1 Å². The third kappa shape index (κ3) is 3.57. The van der Waals surface area contributed by atoms with Crippen LogP contribution in [0, 0.1) is 0 Å². The number of aromatic nitrogens is 4. The molecule has 0 saturated carbocycles. The molecule has 3 heterocycles. The first-order valence-corrected chi connectivity index (χ1v) is 8.42. The van der Waals surface area contributed by atoms with Gasteiger partial charge in [-0.1, -0.05) is 6.08 Å². The number of anilines is 1. The first kappa shape index (κ1) is 18.4. The average Bonchev–Trinajstić information content (AvgIpc) is 3.00. The largest absolute Gasteiger partial charge is 0.389 e. The van der Waals surface area contributed by atoms with Crippen LogP contribution in [0.4, 0.5) is 5.95 Å². The molecule has 1 atom stereocenters. The van der Waals surface area contributed by atoms with E-state index in [9.17, 15) is 14.7 Å². The molecule has 10 nitrogen and oxygen atoms in total. The maximum Gasteiger partial charge on any atom is 0.329 e. The average molecular weight is 365 g/mol. The number of H-pyrrole nitrogens is 1. The molecule has 2 aromatic heterocycles. The molecule has 1 aliphatic rings. The van der Waals surface area contributed by atoms with Gasteiger partial charge in [0.05, 0.1) is 39.1 Å². The van der Waals surface area contributed by atoms with E-state index < -0.39 is 17.4 Å². The lowest BCUT2D eigenvalue weighted by Crippen LogP contribution is -2.38. The van der Waals surface area contributed by atoms with Gasteiger partial charge in [0.2, 0.25) is 5.95 Å². The van der Waals surface area contributed by atoms with E-state index in [1.807, 2.05) is 4.90 Å². The van der Waals surface area contributed by atoms with Crippen molar-refractivity contribution in [3.63, 3.8) is 0 Å². The van der Waals surface area contributed by atoms with Gasteiger partial charge in [0.1, 0.15) is 0 Å². The summed E-state index contributed by atoms with van der Waals surface area (Å²) in [5.41, 5.74) is -0.541. The smallest absolute Gasteiger partial charge is 0.329 e. The number of nitrogens with zero attached hydrogens (tertiary/aromatic N) is 4. The van der Waals surface area contributed by atoms with Crippen molar-refractivity contribution in [3.05, 3.63) is 33.5 Å². The molecule has 2 N–H and O–H groups in total. The third-order valence-electron chi connectivity index (χ3n) is 4.22. The number of hydrogen-bond acceptors (Lipinski definition) is 7. The monoisotopic (exact) mass is 365 g/mol. The number of morpholine rings is 1. The molecular formula is C16H23N5O5. The van der Waals surface area contributed by atoms with Crippen molar-refractivity contribution < 1.29 is 14.6 Å². The number of hydrogen-bond donors (Lipinski definition) is 2. The predicted octanol–water partition coefficient (Wildman–Crippen LogP) is -1.18. The van der Waals surface area contributed by atoms with Gasteiger partial charge in [-0.05, 0) is 0 Å². The van der Waals surface area contributed by atoms with Crippen LogP contribution < -0.4 is 16.1 Å². The molecular weight excluding hydrogens is 342 g/mol. The first-order valence-electron chi connectivity index (χ1n) is 8.42. The van der Waals surface area contributed by atoms with Crippen LogP contribution in [0.3, 0.4) is 0 Å². The Labute approximate surface area is 149 Å². The van der Waals surface area contributed by atoms with Crippen LogP contribution in [0.15, 0.2) is 22.2 Å². The van der Waals surface area contributed by atoms with Crippen molar-refractivity contribution in [3.8, 4) is 0 Å². The summed E-state index contributed by atoms with van der Waals surface area (Å²) in [6.07, 6.45) is 0.752. The summed E-state index contributed by atoms with van der Waals surface area (Å²) in [6.45, 7) is 6.40. The Hall–Kier alpha value is -2.43. The standard InChI is InChI=1S/C16H23N5O5/c1-3-6-26-10-11(22)9-21-12-13(19(2)16(24)18-14(12)23)17-15(21)20-4-7-25-8-5-20/h3,11,22H,1,4-10H2,2H3,(H,18,23,24). The summed E-state index contributed by atoms with van der Waals surface area (Å²) in [5.74, 6) is 0.526. The highest BCUT2D eigenvalue weighted by atomic mass is 16.5. The second-order valence-electron chi connectivity index (χ2n) is 6.09. The molecule has 0 spiro atoms. The van der Waals surface area contributed by atoms with Crippen molar-refractivity contribution in [1.82, 2.24) is 19.1 Å². The maximum atomic E-state index is 12.4. The molecule has 0 radical (unpaired) electrons. The summed E-state index contributed by atoms with van der Waals surface area (Å²) in [6, 6.07) is 0. The lowest BCUT2D eigenvalue weighted by atomic mass is 10.3. The molecule has 0 bridgehead atoms. The maximum absolute atomic E-state index is 12.4. The fourth-order valence-corrected chi connectivity index (χ4v) is 2.95. The highest BCUT2D eigenvalue weighted by Crippen LogP contribution is 2.21. The molecule has 1 unspecified atom stereocenters. The van der Waals surface area contributed by atoms with Gasteiger partial charge >= 0.3 is 5.69 Å². The van der Waals surface area contributed by atoms with Crippen molar-refractivity contribution in [2.75, 3.05) is 44.4 Å². The molecule has 0 amide bonds. The zero-order chi connectivity index (χ0) is 18.7. The molecule has 1 fully saturated rings. The van der Waals surface area contributed by atoms with Gasteiger partial charge in [-0.25, -0.2) is 4.79 Å². The summed E-state index contributed by atoms with van der Waals surface area (Å²) in [7, 11) is 1.55. The van der Waals surface area contributed by atoms with E-state index in [2.05, 4.69) is 16.5 Å². The zero-order valence-corrected chi connectivity index (χ0v) is 14.7. The first-order chi connectivity index (χ1) is 12.5. The number of ether oxygens (including phenoxy) is 2. The molecule has 2 aromatic rings. The molecule has 3 rings (SSSR count). The molecule has 1 aliphatic heterocycles. The molecule has 10 heteroatoms. The Balaban J connectivity index is 2.04. The van der Waals surface area contributed by atoms with E-state index in [1.54, 1.807) is 17.7 Å². The van der Waals surface area contributed by atoms with Gasteiger partial charge in [-0.3, -0.25) is 14.3 Å². The van der Waals surface area contributed by atoms with E-state index >= 15 is 0 Å². The topological polar surface area (TPSA) is 115 Å². The zero-order valence-electron chi connectivity index (χ0n) is 14.7. The summed E-state index contributed by atoms with van der Waals surface area (Å²) in [4.78, 5) is 33.1. The number of imidazole rings is 1. The number of aliphatic hydroxyl groups is 1. The molecule has 142 valence electrons. The third-order valence-corrected chi connectivity index (χ3v) is 4.22. The SMILES string of the molecule is C=CCOCC(O)Cn1c(N2CCOCC2)nc2c1c(=O)[nH]c(=O)n2C. The van der Waals surface area contributed by atoms with Gasteiger partial charge in [0.25, 0.3) is 5.56 Å². The van der Waals surface area contributed by atoms with E-state index in [4.69, 9.17) is 9.47 Å². The van der Waals surface area contributed by atoms with Crippen molar-refractivity contribution in [2.45, 2.75) is 12.6 Å². The van der Waals surface area contributed by atoms with Crippen LogP contribution in [-0.2, 0) is 23.1 Å². The Morgan fingerprint density at radius 2 is 2.15 bits per heavy atom. The Morgan fingerprint density at radius 3 is 2.85 bits per heavy atom. The van der Waals surface area contributed by atoms with Crippen LogP contribution in [0.5, 0.6) is 0 Å². The second kappa shape index (κ2) is 7.85. The van der Waals surface area contributed by atoms with Crippen LogP contribution >= 0.6 is 0 Å².